The van der Waals surface area contributed by atoms with Crippen molar-refractivity contribution in [1.82, 2.24) is 0 Å². The van der Waals surface area contributed by atoms with Crippen LogP contribution in [0.3, 0.4) is 0 Å². The topological polar surface area (TPSA) is 0 Å². The Morgan fingerprint density at radius 2 is 1.14 bits per heavy atom. The Bertz CT molecular complexity index is 341. The summed E-state index contributed by atoms with van der Waals surface area (Å²) in [6, 6.07) is 0. The van der Waals surface area contributed by atoms with Gasteiger partial charge in [0.15, 0.2) is 0 Å². The van der Waals surface area contributed by atoms with Gasteiger partial charge in [0.25, 0.3) is 0 Å². The van der Waals surface area contributed by atoms with Gasteiger partial charge in [0.2, 0.25) is 0 Å². The van der Waals surface area contributed by atoms with E-state index in [0.717, 1.165) is 0 Å². The summed E-state index contributed by atoms with van der Waals surface area (Å²) in [6.07, 6.45) is 13.2. The van der Waals surface area contributed by atoms with Crippen molar-refractivity contribution in [3.8, 4) is 0 Å². The van der Waals surface area contributed by atoms with Gasteiger partial charge in [-0.1, -0.05) is 26.0 Å². The van der Waals surface area contributed by atoms with Gasteiger partial charge in [-0.25, -0.2) is 0 Å². The number of hydrogen-bond donors (Lipinski definition) is 0. The second kappa shape index (κ2) is 9.82. The van der Waals surface area contributed by atoms with Crippen molar-refractivity contribution in [1.29, 1.82) is 0 Å². The van der Waals surface area contributed by atoms with Crippen molar-refractivity contribution in [2.24, 2.45) is 0 Å². The first-order chi connectivity index (χ1) is 10.1. The predicted molar refractivity (Wildman–Crippen MR) is 93.2 cm³/mol. The molecule has 0 unspecified atom stereocenters. The van der Waals surface area contributed by atoms with E-state index in [1.54, 1.807) is 0 Å². The molecule has 0 spiro atoms. The minimum absolute atomic E-state index is 0.826. The third-order valence-corrected chi connectivity index (χ3v) is 4.70. The normalized spacial score (nSPS) is 26.1. The Morgan fingerprint density at radius 3 is 1.48 bits per heavy atom. The van der Waals surface area contributed by atoms with Crippen LogP contribution < -0.4 is 0 Å². The second-order valence-corrected chi connectivity index (χ2v) is 10.2. The van der Waals surface area contributed by atoms with Crippen LogP contribution in [0.25, 0.3) is 0 Å². The molecule has 0 aromatic heterocycles. The van der Waals surface area contributed by atoms with E-state index < -0.39 is 20.8 Å². The Kier molecular flexibility index (Phi) is 8.87. The summed E-state index contributed by atoms with van der Waals surface area (Å²) in [5, 5.41) is 7.08. The van der Waals surface area contributed by atoms with E-state index in [2.05, 4.69) is 62.5 Å². The van der Waals surface area contributed by atoms with Gasteiger partial charge in [-0.3, -0.25) is 0 Å². The Labute approximate surface area is 156 Å². The summed E-state index contributed by atoms with van der Waals surface area (Å²) < 4.78 is 0. The van der Waals surface area contributed by atoms with E-state index in [4.69, 9.17) is 17.0 Å². The summed E-state index contributed by atoms with van der Waals surface area (Å²) >= 11 is 2.79. The molecule has 0 saturated heterocycles. The number of allylic oxidation sites excluding steroid dienone is 2. The maximum atomic E-state index is 4.93. The average Bonchev–Trinajstić information content (AvgIpc) is 3.10. The number of rotatable bonds is 0. The predicted octanol–water partition coefficient (Wildman–Crippen LogP) is 6.12. The number of fused-ring (bicyclic) bond motifs is 2. The van der Waals surface area contributed by atoms with Gasteiger partial charge in [-0.15, -0.1) is 23.5 Å². The molecular weight excluding hydrogens is 418 g/mol. The fraction of sp³-hybridized carbons (Fsp3) is 0.125. The summed E-state index contributed by atoms with van der Waals surface area (Å²) in [5.74, 6) is 5.52. The van der Waals surface area contributed by atoms with Crippen LogP contribution in [0, 0.1) is 59.9 Å². The summed E-state index contributed by atoms with van der Waals surface area (Å²) in [7, 11) is 9.87. The molecule has 0 nitrogen and oxygen atoms in total. The summed E-state index contributed by atoms with van der Waals surface area (Å²) in [4.78, 5) is 0. The van der Waals surface area contributed by atoms with Crippen molar-refractivity contribution in [3.63, 3.8) is 0 Å². The van der Waals surface area contributed by atoms with Gasteiger partial charge in [-0.2, -0.15) is 0 Å². The average molecular weight is 433 g/mol. The third-order valence-electron chi connectivity index (χ3n) is 2.94. The van der Waals surface area contributed by atoms with Crippen LogP contribution in [0.2, 0.25) is 0 Å². The maximum absolute atomic E-state index is 4.93. The second-order valence-electron chi connectivity index (χ2n) is 4.62. The Balaban J connectivity index is 0.000000130. The molecule has 2 fully saturated rings. The monoisotopic (exact) mass is 430 g/mol. The molecule has 0 N–H and O–H groups in total. The van der Waals surface area contributed by atoms with Gasteiger partial charge in [-0.05, 0) is 48.3 Å². The molecule has 0 aromatic rings. The van der Waals surface area contributed by atoms with Crippen molar-refractivity contribution in [2.75, 3.05) is 0 Å². The van der Waals surface area contributed by atoms with E-state index in [1.165, 1.54) is 34.2 Å². The number of halogens is 2. The van der Waals surface area contributed by atoms with Crippen LogP contribution in [0.5, 0.6) is 0 Å². The van der Waals surface area contributed by atoms with Gasteiger partial charge in [0.1, 0.15) is 0 Å². The zero-order chi connectivity index (χ0) is 15.2. The molecule has 2 heterocycles. The van der Waals surface area contributed by atoms with Crippen LogP contribution in [0.15, 0.2) is 23.0 Å². The molecule has 2 saturated carbocycles. The summed E-state index contributed by atoms with van der Waals surface area (Å²) in [6.45, 7) is 4.26. The van der Waals surface area contributed by atoms with Crippen LogP contribution in [0.1, 0.15) is 13.8 Å². The van der Waals surface area contributed by atoms with Crippen molar-refractivity contribution < 1.29 is 20.8 Å². The molecule has 21 heavy (non-hydrogen) atoms. The molecule has 4 rings (SSSR count). The van der Waals surface area contributed by atoms with Crippen LogP contribution in [-0.2, 0) is 20.8 Å². The molecule has 0 bridgehead atoms. The van der Waals surface area contributed by atoms with E-state index in [-0.39, 0.29) is 0 Å². The van der Waals surface area contributed by atoms with E-state index >= 15 is 0 Å². The first-order valence-corrected chi connectivity index (χ1v) is 14.4. The molecule has 0 aromatic carbocycles. The minimum atomic E-state index is -0.826. The zero-order valence-corrected chi connectivity index (χ0v) is 17.3. The first-order valence-electron chi connectivity index (χ1n) is 6.31. The van der Waals surface area contributed by atoms with Crippen molar-refractivity contribution in [2.45, 2.75) is 13.8 Å². The zero-order valence-electron chi connectivity index (χ0n) is 11.7. The Morgan fingerprint density at radius 1 is 0.762 bits per heavy atom. The number of hydrogen-bond acceptors (Lipinski definition) is 2. The molecule has 106 valence electrons. The van der Waals surface area contributed by atoms with Crippen LogP contribution in [0.4, 0.5) is 0 Å². The van der Waals surface area contributed by atoms with Crippen LogP contribution >= 0.6 is 40.5 Å². The van der Waals surface area contributed by atoms with Crippen molar-refractivity contribution >= 4 is 40.5 Å². The Hall–Kier alpha value is 1.64. The number of thioether (sulfide) groups is 2. The quantitative estimate of drug-likeness (QED) is 0.453. The first kappa shape index (κ1) is 19.0. The molecule has 5 heteroatoms. The molecule has 10 radical (unpaired) electrons. The molecule has 4 aliphatic rings. The van der Waals surface area contributed by atoms with E-state index in [1.807, 2.05) is 23.5 Å². The van der Waals surface area contributed by atoms with Gasteiger partial charge in [0, 0.05) is 11.8 Å². The molecule has 2 aliphatic heterocycles. The third kappa shape index (κ3) is 5.89. The molecule has 2 aliphatic carbocycles. The van der Waals surface area contributed by atoms with Gasteiger partial charge < -0.3 is 0 Å². The fourth-order valence-corrected chi connectivity index (χ4v) is 3.88. The van der Waals surface area contributed by atoms with Crippen molar-refractivity contribution in [3.05, 3.63) is 82.8 Å². The van der Waals surface area contributed by atoms with Gasteiger partial charge >= 0.3 is 37.9 Å². The van der Waals surface area contributed by atoms with E-state index in [9.17, 15) is 0 Å². The fourth-order valence-electron chi connectivity index (χ4n) is 2.12. The van der Waals surface area contributed by atoms with E-state index in [0.29, 0.717) is 0 Å². The summed E-state index contributed by atoms with van der Waals surface area (Å²) in [5.41, 5.74) is 0. The standard InChI is InChI=1S/2C8H7S.2ClH.Zr/c2*1-6-4-7-2-3-9-8(7)5-6;;;/h2*2-5H,1H3;2*1H;/q;;;;+4/p-2. The van der Waals surface area contributed by atoms with Crippen LogP contribution in [-0.4, -0.2) is 0 Å². The van der Waals surface area contributed by atoms with Gasteiger partial charge in [0.05, 0.1) is 10.5 Å². The molecule has 0 amide bonds. The SMILES string of the molecule is C[C]1[CH][C]2C=CS[C]2[CH]1.C[C]1[CH][C]2C=CS[C]2[CH]1.[Cl][Zr+2][Cl]. The molecular formula is C16H14Cl2S2Zr+2. The molecule has 0 atom stereocenters.